The van der Waals surface area contributed by atoms with Gasteiger partial charge in [-0.1, -0.05) is 0 Å². The molecule has 0 bridgehead atoms. The van der Waals surface area contributed by atoms with E-state index in [1.165, 1.54) is 4.31 Å². The molecule has 1 heterocycles. The van der Waals surface area contributed by atoms with Gasteiger partial charge in [0.1, 0.15) is 0 Å². The van der Waals surface area contributed by atoms with E-state index < -0.39 is 10.0 Å². The monoisotopic (exact) mass is 291 g/mol. The molecule has 2 N–H and O–H groups in total. The van der Waals surface area contributed by atoms with Crippen molar-refractivity contribution in [1.82, 2.24) is 14.9 Å². The van der Waals surface area contributed by atoms with Crippen LogP contribution in [-0.4, -0.2) is 57.1 Å². The molecule has 6 nitrogen and oxygen atoms in total. The van der Waals surface area contributed by atoms with Crippen LogP contribution in [0.3, 0.4) is 0 Å². The maximum Gasteiger partial charge on any atom is 0.220 e. The number of sulfonamides is 1. The molecule has 1 saturated heterocycles. The normalized spacial score (nSPS) is 18.4. The molecule has 0 radical (unpaired) electrons. The summed E-state index contributed by atoms with van der Waals surface area (Å²) in [6, 6.07) is 0.116. The number of nitrogens with zero attached hydrogens (tertiary/aromatic N) is 1. The Kier molecular flexibility index (Phi) is 6.74. The van der Waals surface area contributed by atoms with Crippen LogP contribution in [0.5, 0.6) is 0 Å². The zero-order chi connectivity index (χ0) is 14.3. The van der Waals surface area contributed by atoms with Crippen LogP contribution in [-0.2, 0) is 14.8 Å². The lowest BCUT2D eigenvalue weighted by atomic mass is 10.1. The molecule has 0 spiro atoms. The minimum atomic E-state index is -3.08. The van der Waals surface area contributed by atoms with Crippen molar-refractivity contribution in [3.8, 4) is 0 Å². The number of hydrogen-bond acceptors (Lipinski definition) is 4. The van der Waals surface area contributed by atoms with E-state index in [0.717, 1.165) is 13.0 Å². The Morgan fingerprint density at radius 3 is 2.47 bits per heavy atom. The molecule has 0 aromatic heterocycles. The Hall–Kier alpha value is -0.660. The highest BCUT2D eigenvalue weighted by molar-refractivity contribution is 7.89. The van der Waals surface area contributed by atoms with Crippen LogP contribution in [0.15, 0.2) is 0 Å². The van der Waals surface area contributed by atoms with Gasteiger partial charge >= 0.3 is 0 Å². The fourth-order valence-electron chi connectivity index (χ4n) is 2.19. The molecule has 0 unspecified atom stereocenters. The van der Waals surface area contributed by atoms with E-state index in [-0.39, 0.29) is 17.7 Å². The minimum Gasteiger partial charge on any atom is -0.353 e. The first-order valence-electron chi connectivity index (χ1n) is 6.91. The summed E-state index contributed by atoms with van der Waals surface area (Å²) in [5.74, 6) is 0.209. The van der Waals surface area contributed by atoms with Crippen LogP contribution in [0.25, 0.3) is 0 Å². The Morgan fingerprint density at radius 1 is 1.32 bits per heavy atom. The lowest BCUT2D eigenvalue weighted by Crippen LogP contribution is -2.46. The summed E-state index contributed by atoms with van der Waals surface area (Å²) in [7, 11) is -1.22. The number of hydrogen-bond donors (Lipinski definition) is 2. The average molecular weight is 291 g/mol. The molecule has 1 rings (SSSR count). The molecular formula is C12H25N3O3S. The molecule has 0 aliphatic carbocycles. The number of nitrogens with one attached hydrogen (secondary N) is 2. The molecule has 0 atom stereocenters. The second-order valence-corrected chi connectivity index (χ2v) is 7.11. The first-order valence-corrected chi connectivity index (χ1v) is 8.52. The standard InChI is InChI=1S/C12H25N3O3S/c1-3-19(17,18)15-9-6-11(7-10-15)14-12(16)5-4-8-13-2/h11,13H,3-10H2,1-2H3,(H,14,16). The Balaban J connectivity index is 2.28. The summed E-state index contributed by atoms with van der Waals surface area (Å²) in [5.41, 5.74) is 0. The summed E-state index contributed by atoms with van der Waals surface area (Å²) in [4.78, 5) is 11.6. The number of amides is 1. The highest BCUT2D eigenvalue weighted by atomic mass is 32.2. The Bertz CT molecular complexity index is 376. The zero-order valence-corrected chi connectivity index (χ0v) is 12.6. The molecule has 0 saturated carbocycles. The predicted octanol–water partition coefficient (Wildman–Crippen LogP) is -0.0837. The quantitative estimate of drug-likeness (QED) is 0.643. The van der Waals surface area contributed by atoms with E-state index >= 15 is 0 Å². The number of carbonyl (C=O) groups excluding carboxylic acids is 1. The first-order chi connectivity index (χ1) is 8.99. The number of rotatable bonds is 7. The van der Waals surface area contributed by atoms with Crippen molar-refractivity contribution in [2.75, 3.05) is 32.4 Å². The lowest BCUT2D eigenvalue weighted by Gasteiger charge is -2.31. The molecule has 7 heteroatoms. The lowest BCUT2D eigenvalue weighted by molar-refractivity contribution is -0.122. The van der Waals surface area contributed by atoms with Crippen molar-refractivity contribution < 1.29 is 13.2 Å². The van der Waals surface area contributed by atoms with E-state index in [4.69, 9.17) is 0 Å². The summed E-state index contributed by atoms with van der Waals surface area (Å²) in [6.45, 7) is 3.51. The zero-order valence-electron chi connectivity index (χ0n) is 11.8. The molecule has 112 valence electrons. The van der Waals surface area contributed by atoms with Crippen molar-refractivity contribution in [3.63, 3.8) is 0 Å². The molecule has 1 aliphatic rings. The first kappa shape index (κ1) is 16.4. The van der Waals surface area contributed by atoms with E-state index in [1.807, 2.05) is 7.05 Å². The predicted molar refractivity (Wildman–Crippen MR) is 75.4 cm³/mol. The van der Waals surface area contributed by atoms with Crippen molar-refractivity contribution in [3.05, 3.63) is 0 Å². The smallest absolute Gasteiger partial charge is 0.220 e. The maximum absolute atomic E-state index is 11.7. The van der Waals surface area contributed by atoms with Gasteiger partial charge in [-0.2, -0.15) is 0 Å². The second-order valence-electron chi connectivity index (χ2n) is 4.85. The van der Waals surface area contributed by atoms with Crippen LogP contribution in [0.1, 0.15) is 32.6 Å². The van der Waals surface area contributed by atoms with Gasteiger partial charge in [0, 0.05) is 25.6 Å². The van der Waals surface area contributed by atoms with Crippen LogP contribution < -0.4 is 10.6 Å². The van der Waals surface area contributed by atoms with Crippen molar-refractivity contribution >= 4 is 15.9 Å². The molecule has 0 aromatic rings. The molecule has 1 amide bonds. The van der Waals surface area contributed by atoms with Crippen molar-refractivity contribution in [2.45, 2.75) is 38.6 Å². The van der Waals surface area contributed by atoms with Crippen molar-refractivity contribution in [1.29, 1.82) is 0 Å². The van der Waals surface area contributed by atoms with Gasteiger partial charge in [0.15, 0.2) is 0 Å². The fraction of sp³-hybridized carbons (Fsp3) is 0.917. The summed E-state index contributed by atoms with van der Waals surface area (Å²) >= 11 is 0. The number of carbonyl (C=O) groups is 1. The Labute approximate surface area is 116 Å². The van der Waals surface area contributed by atoms with E-state index in [2.05, 4.69) is 10.6 Å². The summed E-state index contributed by atoms with van der Waals surface area (Å²) < 4.78 is 24.9. The van der Waals surface area contributed by atoms with Gasteiger partial charge in [-0.05, 0) is 39.8 Å². The van der Waals surface area contributed by atoms with Gasteiger partial charge < -0.3 is 10.6 Å². The summed E-state index contributed by atoms with van der Waals surface area (Å²) in [5, 5.41) is 5.98. The van der Waals surface area contributed by atoms with E-state index in [9.17, 15) is 13.2 Å². The SMILES string of the molecule is CCS(=O)(=O)N1CCC(NC(=O)CCCNC)CC1. The highest BCUT2D eigenvalue weighted by Crippen LogP contribution is 2.14. The van der Waals surface area contributed by atoms with E-state index in [0.29, 0.717) is 32.4 Å². The minimum absolute atomic E-state index is 0.0621. The fourth-order valence-corrected chi connectivity index (χ4v) is 3.32. The topological polar surface area (TPSA) is 78.5 Å². The molecule has 1 aliphatic heterocycles. The highest BCUT2D eigenvalue weighted by Gasteiger charge is 2.27. The van der Waals surface area contributed by atoms with Gasteiger partial charge in [-0.3, -0.25) is 4.79 Å². The van der Waals surface area contributed by atoms with Crippen molar-refractivity contribution in [2.24, 2.45) is 0 Å². The largest absolute Gasteiger partial charge is 0.353 e. The van der Waals surface area contributed by atoms with Gasteiger partial charge in [0.2, 0.25) is 15.9 Å². The van der Waals surface area contributed by atoms with Gasteiger partial charge in [-0.15, -0.1) is 0 Å². The van der Waals surface area contributed by atoms with Gasteiger partial charge in [0.05, 0.1) is 5.75 Å². The van der Waals surface area contributed by atoms with E-state index in [1.54, 1.807) is 6.92 Å². The third-order valence-corrected chi connectivity index (χ3v) is 5.29. The van der Waals surface area contributed by atoms with Crippen LogP contribution in [0.4, 0.5) is 0 Å². The number of piperidine rings is 1. The second kappa shape index (κ2) is 7.81. The summed E-state index contributed by atoms with van der Waals surface area (Å²) in [6.07, 6.45) is 2.76. The Morgan fingerprint density at radius 2 is 1.95 bits per heavy atom. The molecule has 19 heavy (non-hydrogen) atoms. The molecule has 1 fully saturated rings. The maximum atomic E-state index is 11.7. The third-order valence-electron chi connectivity index (χ3n) is 3.41. The molecule has 0 aromatic carbocycles. The van der Waals surface area contributed by atoms with Crippen LogP contribution in [0.2, 0.25) is 0 Å². The van der Waals surface area contributed by atoms with Crippen LogP contribution >= 0.6 is 0 Å². The van der Waals surface area contributed by atoms with Gasteiger partial charge in [0.25, 0.3) is 0 Å². The average Bonchev–Trinajstić information content (AvgIpc) is 2.39. The molecular weight excluding hydrogens is 266 g/mol. The van der Waals surface area contributed by atoms with Crippen LogP contribution in [0, 0.1) is 0 Å². The van der Waals surface area contributed by atoms with Gasteiger partial charge in [-0.25, -0.2) is 12.7 Å². The third kappa shape index (κ3) is 5.46.